The molecule has 0 amide bonds. The Kier molecular flexibility index (Phi) is 4.20. The molecule has 1 saturated heterocycles. The predicted octanol–water partition coefficient (Wildman–Crippen LogP) is 2.05. The van der Waals surface area contributed by atoms with Crippen LogP contribution in [0.15, 0.2) is 0 Å². The molecule has 1 heterocycles. The summed E-state index contributed by atoms with van der Waals surface area (Å²) in [7, 11) is 2.03. The van der Waals surface area contributed by atoms with Crippen LogP contribution in [0.25, 0.3) is 0 Å². The molecule has 0 aromatic rings. The van der Waals surface area contributed by atoms with Gasteiger partial charge in [0.25, 0.3) is 0 Å². The van der Waals surface area contributed by atoms with E-state index >= 15 is 0 Å². The van der Waals surface area contributed by atoms with Crippen molar-refractivity contribution in [1.29, 1.82) is 0 Å². The number of hydrogen-bond donors (Lipinski definition) is 1. The van der Waals surface area contributed by atoms with E-state index in [0.29, 0.717) is 5.41 Å². The minimum Gasteiger partial charge on any atom is -0.381 e. The molecule has 1 N–H and O–H groups in total. The fourth-order valence-electron chi connectivity index (χ4n) is 2.13. The quantitative estimate of drug-likeness (QED) is 0.724. The number of rotatable bonds is 4. The lowest BCUT2D eigenvalue weighted by molar-refractivity contribution is 0.0200. The first-order chi connectivity index (χ1) is 6.17. The maximum Gasteiger partial charge on any atom is 0.0468 e. The second-order valence-corrected chi connectivity index (χ2v) is 4.73. The fraction of sp³-hybridized carbons (Fsp3) is 1.00. The number of ether oxygens (including phenoxy) is 1. The van der Waals surface area contributed by atoms with Crippen LogP contribution in [0.1, 0.15) is 33.1 Å². The van der Waals surface area contributed by atoms with E-state index in [1.54, 1.807) is 0 Å². The molecule has 78 valence electrons. The molecule has 0 aromatic carbocycles. The van der Waals surface area contributed by atoms with Gasteiger partial charge in [-0.05, 0) is 44.2 Å². The summed E-state index contributed by atoms with van der Waals surface area (Å²) in [6.45, 7) is 7.84. The van der Waals surface area contributed by atoms with E-state index in [1.165, 1.54) is 19.3 Å². The van der Waals surface area contributed by atoms with E-state index in [4.69, 9.17) is 4.74 Å². The highest BCUT2D eigenvalue weighted by Gasteiger charge is 2.30. The van der Waals surface area contributed by atoms with Crippen LogP contribution < -0.4 is 5.32 Å². The zero-order chi connectivity index (χ0) is 9.73. The van der Waals surface area contributed by atoms with Gasteiger partial charge in [-0.2, -0.15) is 0 Å². The van der Waals surface area contributed by atoms with Crippen molar-refractivity contribution in [3.8, 4) is 0 Å². The van der Waals surface area contributed by atoms with Crippen LogP contribution in [0.5, 0.6) is 0 Å². The third-order valence-corrected chi connectivity index (χ3v) is 3.35. The molecule has 0 atom stereocenters. The summed E-state index contributed by atoms with van der Waals surface area (Å²) in [6, 6.07) is 0. The van der Waals surface area contributed by atoms with Crippen LogP contribution in [0.3, 0.4) is 0 Å². The van der Waals surface area contributed by atoms with Gasteiger partial charge in [-0.15, -0.1) is 0 Å². The van der Waals surface area contributed by atoms with E-state index in [2.05, 4.69) is 19.2 Å². The van der Waals surface area contributed by atoms with Crippen LogP contribution in [-0.2, 0) is 4.74 Å². The largest absolute Gasteiger partial charge is 0.381 e. The van der Waals surface area contributed by atoms with Gasteiger partial charge in [0.15, 0.2) is 0 Å². The van der Waals surface area contributed by atoms with Gasteiger partial charge < -0.3 is 10.1 Å². The maximum atomic E-state index is 5.38. The molecule has 1 fully saturated rings. The molecule has 0 bridgehead atoms. The Hall–Kier alpha value is -0.0800. The standard InChI is InChI=1S/C11H23NO/c1-11(2,6-7-12-3)10-4-8-13-9-5-10/h10,12H,4-9H2,1-3H3. The van der Waals surface area contributed by atoms with Crippen molar-refractivity contribution in [2.45, 2.75) is 33.1 Å². The number of nitrogens with one attached hydrogen (secondary N) is 1. The lowest BCUT2D eigenvalue weighted by Gasteiger charge is -2.37. The molecule has 2 heteroatoms. The van der Waals surface area contributed by atoms with Gasteiger partial charge in [0, 0.05) is 13.2 Å². The van der Waals surface area contributed by atoms with Crippen molar-refractivity contribution < 1.29 is 4.74 Å². The number of hydrogen-bond acceptors (Lipinski definition) is 2. The molecule has 0 saturated carbocycles. The summed E-state index contributed by atoms with van der Waals surface area (Å²) in [5.74, 6) is 0.856. The summed E-state index contributed by atoms with van der Waals surface area (Å²) in [5, 5.41) is 3.23. The third kappa shape index (κ3) is 3.28. The van der Waals surface area contributed by atoms with Gasteiger partial charge >= 0.3 is 0 Å². The van der Waals surface area contributed by atoms with Gasteiger partial charge in [0.1, 0.15) is 0 Å². The molecule has 0 radical (unpaired) electrons. The average molecular weight is 185 g/mol. The first kappa shape index (κ1) is 11.0. The lowest BCUT2D eigenvalue weighted by Crippen LogP contribution is -2.32. The first-order valence-corrected chi connectivity index (χ1v) is 5.39. The fourth-order valence-corrected chi connectivity index (χ4v) is 2.13. The Morgan fingerprint density at radius 1 is 1.31 bits per heavy atom. The smallest absolute Gasteiger partial charge is 0.0468 e. The van der Waals surface area contributed by atoms with Gasteiger partial charge in [-0.3, -0.25) is 0 Å². The molecule has 0 aliphatic carbocycles. The monoisotopic (exact) mass is 185 g/mol. The highest BCUT2D eigenvalue weighted by atomic mass is 16.5. The summed E-state index contributed by atoms with van der Waals surface area (Å²) >= 11 is 0. The minimum atomic E-state index is 0.479. The molecule has 0 aromatic heterocycles. The van der Waals surface area contributed by atoms with E-state index in [1.807, 2.05) is 7.05 Å². The molecule has 0 spiro atoms. The summed E-state index contributed by atoms with van der Waals surface area (Å²) in [4.78, 5) is 0. The van der Waals surface area contributed by atoms with Crippen molar-refractivity contribution in [3.63, 3.8) is 0 Å². The molecule has 2 nitrogen and oxygen atoms in total. The zero-order valence-electron chi connectivity index (χ0n) is 9.23. The Morgan fingerprint density at radius 3 is 2.46 bits per heavy atom. The minimum absolute atomic E-state index is 0.479. The normalized spacial score (nSPS) is 20.5. The topological polar surface area (TPSA) is 21.3 Å². The van der Waals surface area contributed by atoms with Crippen molar-refractivity contribution in [1.82, 2.24) is 5.32 Å². The van der Waals surface area contributed by atoms with Crippen molar-refractivity contribution in [2.75, 3.05) is 26.8 Å². The van der Waals surface area contributed by atoms with Crippen LogP contribution >= 0.6 is 0 Å². The maximum absolute atomic E-state index is 5.38. The van der Waals surface area contributed by atoms with Crippen LogP contribution in [0.4, 0.5) is 0 Å². The molecule has 1 aliphatic heterocycles. The summed E-state index contributed by atoms with van der Waals surface area (Å²) in [6.07, 6.45) is 3.77. The Bertz CT molecular complexity index is 139. The van der Waals surface area contributed by atoms with E-state index in [9.17, 15) is 0 Å². The zero-order valence-corrected chi connectivity index (χ0v) is 9.23. The molecule has 1 rings (SSSR count). The van der Waals surface area contributed by atoms with Crippen molar-refractivity contribution in [3.05, 3.63) is 0 Å². The van der Waals surface area contributed by atoms with E-state index < -0.39 is 0 Å². The summed E-state index contributed by atoms with van der Waals surface area (Å²) < 4.78 is 5.38. The second kappa shape index (κ2) is 4.97. The van der Waals surface area contributed by atoms with Gasteiger partial charge in [-0.25, -0.2) is 0 Å². The average Bonchev–Trinajstić information content (AvgIpc) is 2.16. The first-order valence-electron chi connectivity index (χ1n) is 5.39. The van der Waals surface area contributed by atoms with E-state index in [-0.39, 0.29) is 0 Å². The lowest BCUT2D eigenvalue weighted by atomic mass is 9.72. The van der Waals surface area contributed by atoms with Gasteiger partial charge in [0.2, 0.25) is 0 Å². The predicted molar refractivity (Wildman–Crippen MR) is 55.9 cm³/mol. The Morgan fingerprint density at radius 2 is 1.92 bits per heavy atom. The Labute approximate surface area is 82.0 Å². The summed E-state index contributed by atoms with van der Waals surface area (Å²) in [5.41, 5.74) is 0.479. The highest BCUT2D eigenvalue weighted by Crippen LogP contribution is 2.36. The molecule has 0 unspecified atom stereocenters. The highest BCUT2D eigenvalue weighted by molar-refractivity contribution is 4.80. The third-order valence-electron chi connectivity index (χ3n) is 3.35. The second-order valence-electron chi connectivity index (χ2n) is 4.73. The molecule has 1 aliphatic rings. The van der Waals surface area contributed by atoms with Crippen LogP contribution in [-0.4, -0.2) is 26.8 Å². The van der Waals surface area contributed by atoms with E-state index in [0.717, 1.165) is 25.7 Å². The van der Waals surface area contributed by atoms with Crippen molar-refractivity contribution >= 4 is 0 Å². The SMILES string of the molecule is CNCCC(C)(C)C1CCOCC1. The van der Waals surface area contributed by atoms with Gasteiger partial charge in [0.05, 0.1) is 0 Å². The molecular formula is C11H23NO. The van der Waals surface area contributed by atoms with Gasteiger partial charge in [-0.1, -0.05) is 13.8 Å². The van der Waals surface area contributed by atoms with Crippen LogP contribution in [0.2, 0.25) is 0 Å². The Balaban J connectivity index is 2.36. The molecule has 13 heavy (non-hydrogen) atoms. The van der Waals surface area contributed by atoms with Crippen LogP contribution in [0, 0.1) is 11.3 Å². The molecular weight excluding hydrogens is 162 g/mol. The van der Waals surface area contributed by atoms with Crippen molar-refractivity contribution in [2.24, 2.45) is 11.3 Å².